The molecule has 0 aromatic heterocycles. The fourth-order valence-electron chi connectivity index (χ4n) is 3.24. The van der Waals surface area contributed by atoms with Crippen LogP contribution in [0.25, 0.3) is 0 Å². The third-order valence-corrected chi connectivity index (χ3v) is 4.05. The summed E-state index contributed by atoms with van der Waals surface area (Å²) in [6, 6.07) is 2.13. The summed E-state index contributed by atoms with van der Waals surface area (Å²) in [4.78, 5) is 10.8. The fraction of sp³-hybridized carbons (Fsp3) is 0.562. The Morgan fingerprint density at radius 2 is 2.05 bits per heavy atom. The van der Waals surface area contributed by atoms with Gasteiger partial charge in [0.25, 0.3) is 0 Å². The van der Waals surface area contributed by atoms with Crippen LogP contribution in [0.2, 0.25) is 0 Å². The lowest BCUT2D eigenvalue weighted by molar-refractivity contribution is -0.108. The normalized spacial score (nSPS) is 25.2. The summed E-state index contributed by atoms with van der Waals surface area (Å²) in [5.74, 6) is 2.20. The van der Waals surface area contributed by atoms with Gasteiger partial charge in [0.15, 0.2) is 0 Å². The number of hydrogen-bond acceptors (Lipinski definition) is 3. The first kappa shape index (κ1) is 12.5. The second kappa shape index (κ2) is 4.55. The van der Waals surface area contributed by atoms with Crippen LogP contribution in [0.5, 0.6) is 11.5 Å². The van der Waals surface area contributed by atoms with E-state index in [9.17, 15) is 4.79 Å². The molecule has 102 valence electrons. The van der Waals surface area contributed by atoms with Crippen LogP contribution < -0.4 is 9.47 Å². The Hall–Kier alpha value is -1.51. The Morgan fingerprint density at radius 3 is 2.79 bits per heavy atom. The van der Waals surface area contributed by atoms with E-state index in [1.54, 1.807) is 0 Å². The Morgan fingerprint density at radius 1 is 1.32 bits per heavy atom. The van der Waals surface area contributed by atoms with Gasteiger partial charge in [0.2, 0.25) is 0 Å². The van der Waals surface area contributed by atoms with Crippen molar-refractivity contribution in [3.63, 3.8) is 0 Å². The third kappa shape index (κ3) is 2.01. The minimum Gasteiger partial charge on any atom is -0.490 e. The van der Waals surface area contributed by atoms with Crippen LogP contribution in [-0.2, 0) is 17.6 Å². The summed E-state index contributed by atoms with van der Waals surface area (Å²) in [7, 11) is 0. The summed E-state index contributed by atoms with van der Waals surface area (Å²) in [5.41, 5.74) is 3.68. The summed E-state index contributed by atoms with van der Waals surface area (Å²) in [5, 5.41) is 0. The van der Waals surface area contributed by atoms with E-state index in [4.69, 9.17) is 9.47 Å². The van der Waals surface area contributed by atoms with Crippen molar-refractivity contribution in [2.24, 2.45) is 0 Å². The van der Waals surface area contributed by atoms with E-state index in [0.717, 1.165) is 30.6 Å². The Balaban J connectivity index is 2.12. The molecule has 3 atom stereocenters. The van der Waals surface area contributed by atoms with E-state index < -0.39 is 0 Å². The van der Waals surface area contributed by atoms with E-state index in [1.165, 1.54) is 16.7 Å². The molecular formula is C16H20O3. The lowest BCUT2D eigenvalue weighted by Crippen LogP contribution is -2.09. The molecule has 0 amide bonds. The van der Waals surface area contributed by atoms with Crippen molar-refractivity contribution in [3.8, 4) is 11.5 Å². The molecule has 1 aromatic rings. The maximum absolute atomic E-state index is 10.8. The Bertz CT molecular complexity index is 485. The molecule has 0 saturated carbocycles. The molecule has 0 spiro atoms. The topological polar surface area (TPSA) is 35.5 Å². The van der Waals surface area contributed by atoms with E-state index in [0.29, 0.717) is 6.42 Å². The summed E-state index contributed by atoms with van der Waals surface area (Å²) >= 11 is 0. The monoisotopic (exact) mass is 260 g/mol. The molecule has 0 radical (unpaired) electrons. The number of carbonyl (C=O) groups excluding carboxylic acids is 1. The Kier molecular flexibility index (Phi) is 3.00. The molecule has 2 aliphatic rings. The number of rotatable bonds is 3. The maximum Gasteiger partial charge on any atom is 0.127 e. The van der Waals surface area contributed by atoms with Crippen molar-refractivity contribution in [1.82, 2.24) is 0 Å². The maximum atomic E-state index is 10.8. The van der Waals surface area contributed by atoms with Crippen LogP contribution in [0, 0.1) is 0 Å². The molecule has 3 unspecified atom stereocenters. The highest BCUT2D eigenvalue weighted by Crippen LogP contribution is 2.46. The van der Waals surface area contributed by atoms with Crippen molar-refractivity contribution in [3.05, 3.63) is 22.8 Å². The first-order valence-electron chi connectivity index (χ1n) is 7.05. The van der Waals surface area contributed by atoms with E-state index >= 15 is 0 Å². The van der Waals surface area contributed by atoms with Gasteiger partial charge in [-0.15, -0.1) is 0 Å². The minimum atomic E-state index is 0.195. The SMILES string of the molecule is CC1Cc2c(cc3c(c2C(C)CC=O)OC(C)C3)O1. The molecule has 0 saturated heterocycles. The van der Waals surface area contributed by atoms with Crippen LogP contribution in [0.1, 0.15) is 49.8 Å². The first-order valence-corrected chi connectivity index (χ1v) is 7.05. The molecule has 3 rings (SSSR count). The van der Waals surface area contributed by atoms with Crippen molar-refractivity contribution >= 4 is 6.29 Å². The number of benzene rings is 1. The van der Waals surface area contributed by atoms with E-state index in [2.05, 4.69) is 26.8 Å². The molecular weight excluding hydrogens is 240 g/mol. The highest BCUT2D eigenvalue weighted by Gasteiger charge is 2.33. The molecule has 0 N–H and O–H groups in total. The molecule has 3 nitrogen and oxygen atoms in total. The first-order chi connectivity index (χ1) is 9.10. The lowest BCUT2D eigenvalue weighted by atomic mass is 9.88. The number of hydrogen-bond donors (Lipinski definition) is 0. The van der Waals surface area contributed by atoms with Gasteiger partial charge in [-0.05, 0) is 25.8 Å². The number of aldehydes is 1. The molecule has 19 heavy (non-hydrogen) atoms. The van der Waals surface area contributed by atoms with Crippen LogP contribution in [0.4, 0.5) is 0 Å². The van der Waals surface area contributed by atoms with Gasteiger partial charge in [0.05, 0.1) is 0 Å². The van der Waals surface area contributed by atoms with Crippen molar-refractivity contribution in [2.75, 3.05) is 0 Å². The van der Waals surface area contributed by atoms with Crippen molar-refractivity contribution < 1.29 is 14.3 Å². The van der Waals surface area contributed by atoms with E-state index in [-0.39, 0.29) is 18.1 Å². The molecule has 0 aliphatic carbocycles. The average Bonchev–Trinajstić information content (AvgIpc) is 2.86. The summed E-state index contributed by atoms with van der Waals surface area (Å²) < 4.78 is 11.9. The highest BCUT2D eigenvalue weighted by atomic mass is 16.5. The van der Waals surface area contributed by atoms with Gasteiger partial charge in [0.1, 0.15) is 30.0 Å². The third-order valence-electron chi connectivity index (χ3n) is 4.05. The standard InChI is InChI=1S/C16H20O3/c1-9(4-5-17)15-13-7-11(3)18-14(13)8-12-6-10(2)19-16(12)15/h5,8-11H,4,6-7H2,1-3H3. The molecule has 0 bridgehead atoms. The quantitative estimate of drug-likeness (QED) is 0.784. The van der Waals surface area contributed by atoms with Gasteiger partial charge in [-0.3, -0.25) is 0 Å². The predicted molar refractivity (Wildman–Crippen MR) is 73.1 cm³/mol. The predicted octanol–water partition coefficient (Wildman–Crippen LogP) is 3.03. The summed E-state index contributed by atoms with van der Waals surface area (Å²) in [6.07, 6.45) is 3.82. The van der Waals surface area contributed by atoms with Crippen LogP contribution in [0.15, 0.2) is 6.07 Å². The zero-order valence-electron chi connectivity index (χ0n) is 11.7. The smallest absolute Gasteiger partial charge is 0.127 e. The van der Waals surface area contributed by atoms with Crippen LogP contribution in [-0.4, -0.2) is 18.5 Å². The van der Waals surface area contributed by atoms with Crippen LogP contribution in [0.3, 0.4) is 0 Å². The van der Waals surface area contributed by atoms with Crippen molar-refractivity contribution in [2.45, 2.75) is 58.2 Å². The molecule has 0 fully saturated rings. The lowest BCUT2D eigenvalue weighted by Gasteiger charge is -2.17. The van der Waals surface area contributed by atoms with Gasteiger partial charge < -0.3 is 14.3 Å². The number of ether oxygens (including phenoxy) is 2. The minimum absolute atomic E-state index is 0.195. The molecule has 2 aliphatic heterocycles. The molecule has 1 aromatic carbocycles. The highest BCUT2D eigenvalue weighted by molar-refractivity contribution is 5.61. The Labute approximate surface area is 113 Å². The summed E-state index contributed by atoms with van der Waals surface area (Å²) in [6.45, 7) is 6.27. The zero-order chi connectivity index (χ0) is 13.6. The van der Waals surface area contributed by atoms with Crippen LogP contribution >= 0.6 is 0 Å². The number of carbonyl (C=O) groups is 1. The molecule has 2 heterocycles. The van der Waals surface area contributed by atoms with Gasteiger partial charge in [0, 0.05) is 36.0 Å². The zero-order valence-corrected chi connectivity index (χ0v) is 11.7. The fourth-order valence-corrected chi connectivity index (χ4v) is 3.24. The second-order valence-electron chi connectivity index (χ2n) is 5.82. The van der Waals surface area contributed by atoms with E-state index in [1.807, 2.05) is 0 Å². The average molecular weight is 260 g/mol. The van der Waals surface area contributed by atoms with Crippen molar-refractivity contribution in [1.29, 1.82) is 0 Å². The van der Waals surface area contributed by atoms with Gasteiger partial charge >= 0.3 is 0 Å². The molecule has 3 heteroatoms. The van der Waals surface area contributed by atoms with Gasteiger partial charge in [-0.2, -0.15) is 0 Å². The number of fused-ring (bicyclic) bond motifs is 2. The largest absolute Gasteiger partial charge is 0.490 e. The second-order valence-corrected chi connectivity index (χ2v) is 5.82. The van der Waals surface area contributed by atoms with Gasteiger partial charge in [-0.25, -0.2) is 0 Å². The van der Waals surface area contributed by atoms with Gasteiger partial charge in [-0.1, -0.05) is 6.92 Å².